The summed E-state index contributed by atoms with van der Waals surface area (Å²) in [5.74, 6) is -2.75. The number of nitrogens with one attached hydrogen (secondary N) is 1. The molecule has 44 heavy (non-hydrogen) atoms. The zero-order valence-corrected chi connectivity index (χ0v) is 23.6. The van der Waals surface area contributed by atoms with Crippen LogP contribution in [-0.2, 0) is 14.8 Å². The zero-order chi connectivity index (χ0) is 32.2. The molecule has 0 aliphatic rings. The van der Waals surface area contributed by atoms with Crippen LogP contribution in [-0.4, -0.2) is 42.9 Å². The van der Waals surface area contributed by atoms with Crippen LogP contribution in [0.5, 0.6) is 5.75 Å². The quantitative estimate of drug-likeness (QED) is 0.192. The lowest BCUT2D eigenvalue weighted by atomic mass is 9.98. The summed E-state index contributed by atoms with van der Waals surface area (Å²) in [6.07, 6.45) is -3.84. The van der Waals surface area contributed by atoms with Gasteiger partial charge in [-0.25, -0.2) is 22.6 Å². The van der Waals surface area contributed by atoms with Crippen LogP contribution in [0.4, 0.5) is 23.4 Å². The summed E-state index contributed by atoms with van der Waals surface area (Å²) >= 11 is 6.60. The molecule has 0 atom stereocenters. The summed E-state index contributed by atoms with van der Waals surface area (Å²) in [6.45, 7) is 0. The van der Waals surface area contributed by atoms with Gasteiger partial charge < -0.3 is 14.4 Å². The molecule has 0 aliphatic carbocycles. The van der Waals surface area contributed by atoms with E-state index in [-0.39, 0.29) is 16.4 Å². The predicted octanol–water partition coefficient (Wildman–Crippen LogP) is 6.66. The maximum atomic E-state index is 13.8. The number of halogens is 5. The van der Waals surface area contributed by atoms with Crippen molar-refractivity contribution in [2.75, 3.05) is 11.8 Å². The van der Waals surface area contributed by atoms with Gasteiger partial charge in [0.1, 0.15) is 29.6 Å². The Hall–Kier alpha value is -5.20. The van der Waals surface area contributed by atoms with Gasteiger partial charge in [0.2, 0.25) is 0 Å². The third-order valence-corrected chi connectivity index (χ3v) is 7.49. The molecule has 16 heteroatoms. The molecule has 0 unspecified atom stereocenters. The number of carboxylic acid groups (broad SMARTS) is 1. The highest BCUT2D eigenvalue weighted by Gasteiger charge is 2.38. The molecule has 3 aromatic carbocycles. The first-order valence-corrected chi connectivity index (χ1v) is 13.8. The van der Waals surface area contributed by atoms with Gasteiger partial charge in [0.25, 0.3) is 10.0 Å². The number of methoxy groups -OCH3 is 1. The van der Waals surface area contributed by atoms with Crippen molar-refractivity contribution in [2.45, 2.75) is 11.1 Å². The number of benzene rings is 3. The van der Waals surface area contributed by atoms with Crippen molar-refractivity contribution < 1.29 is 45.1 Å². The molecule has 2 aromatic heterocycles. The number of carboxylic acids is 1. The van der Waals surface area contributed by atoms with E-state index in [0.29, 0.717) is 43.9 Å². The molecule has 0 aliphatic heterocycles. The topological polar surface area (TPSA) is 155 Å². The number of anilines is 1. The summed E-state index contributed by atoms with van der Waals surface area (Å²) < 4.78 is 83.9. The van der Waals surface area contributed by atoms with Crippen LogP contribution < -0.4 is 9.46 Å². The number of alkyl halides is 3. The maximum Gasteiger partial charge on any atom is 0.490 e. The number of aliphatic carboxylic acids is 1. The normalized spacial score (nSPS) is 11.3. The number of hydrogen-bond donors (Lipinski definition) is 2. The average molecular weight is 649 g/mol. The van der Waals surface area contributed by atoms with Crippen molar-refractivity contribution in [1.82, 2.24) is 10.1 Å². The van der Waals surface area contributed by atoms with Gasteiger partial charge in [-0.05, 0) is 53.4 Å². The first kappa shape index (κ1) is 31.7. The largest absolute Gasteiger partial charge is 0.496 e. The summed E-state index contributed by atoms with van der Waals surface area (Å²) in [7, 11) is -2.51. The number of aromatic nitrogens is 2. The monoisotopic (exact) mass is 648 g/mol. The Bertz CT molecular complexity index is 2010. The Balaban J connectivity index is 0.000000566. The van der Waals surface area contributed by atoms with Crippen LogP contribution in [0, 0.1) is 17.1 Å². The molecular formula is C28H17ClF4N4O6S. The molecule has 226 valence electrons. The van der Waals surface area contributed by atoms with Crippen LogP contribution in [0.3, 0.4) is 0 Å². The molecule has 10 nitrogen and oxygen atoms in total. The van der Waals surface area contributed by atoms with Crippen molar-refractivity contribution in [2.24, 2.45) is 0 Å². The molecule has 0 amide bonds. The number of carbonyl (C=O) groups is 1. The van der Waals surface area contributed by atoms with Crippen LogP contribution in [0.1, 0.15) is 5.69 Å². The van der Waals surface area contributed by atoms with Crippen LogP contribution in [0.15, 0.2) is 82.4 Å². The van der Waals surface area contributed by atoms with Crippen molar-refractivity contribution in [3.05, 3.63) is 89.5 Å². The molecule has 2 N–H and O–H groups in total. The minimum atomic E-state index is -5.08. The highest BCUT2D eigenvalue weighted by Crippen LogP contribution is 2.41. The van der Waals surface area contributed by atoms with E-state index in [4.69, 9.17) is 26.2 Å². The van der Waals surface area contributed by atoms with Gasteiger partial charge in [-0.3, -0.25) is 4.72 Å². The van der Waals surface area contributed by atoms with E-state index in [1.54, 1.807) is 30.3 Å². The number of fused-ring (bicyclic) bond motifs is 1. The molecule has 5 aromatic rings. The lowest BCUT2D eigenvalue weighted by Gasteiger charge is -2.15. The smallest absolute Gasteiger partial charge is 0.490 e. The highest BCUT2D eigenvalue weighted by molar-refractivity contribution is 7.92. The fourth-order valence-corrected chi connectivity index (χ4v) is 5.21. The Kier molecular flexibility index (Phi) is 9.07. The third kappa shape index (κ3) is 7.05. The third-order valence-electron chi connectivity index (χ3n) is 5.83. The minimum absolute atomic E-state index is 0.0333. The molecule has 5 rings (SSSR count). The van der Waals surface area contributed by atoms with E-state index < -0.39 is 28.0 Å². The fourth-order valence-electron chi connectivity index (χ4n) is 3.91. The molecule has 0 saturated heterocycles. The second-order valence-corrected chi connectivity index (χ2v) is 10.8. The average Bonchev–Trinajstić information content (AvgIpc) is 3.48. The Labute approximate surface area is 251 Å². The minimum Gasteiger partial charge on any atom is -0.496 e. The van der Waals surface area contributed by atoms with E-state index in [9.17, 15) is 31.2 Å². The van der Waals surface area contributed by atoms with Crippen molar-refractivity contribution >= 4 is 44.2 Å². The van der Waals surface area contributed by atoms with Gasteiger partial charge >= 0.3 is 12.1 Å². The second-order valence-electron chi connectivity index (χ2n) is 8.69. The van der Waals surface area contributed by atoms with Crippen LogP contribution in [0.25, 0.3) is 33.2 Å². The Morgan fingerprint density at radius 1 is 1.09 bits per heavy atom. The second kappa shape index (κ2) is 12.6. The molecule has 0 saturated carbocycles. The molecular weight excluding hydrogens is 632 g/mol. The molecule has 0 radical (unpaired) electrons. The standard InChI is InChI=1S/C26H16ClFN4O4S.C2HF3O2/c1-35-24-13-21(15-3-2-4-17(28)9-15)23(27)12-22(24)26-20-6-5-19(11-16(20)10-18(14-29)30-26)37(33,34)32-25-7-8-36-31-25;3-2(4,5)1(6)7/h2-13H,1H3,(H,31,32);(H,6,7). The summed E-state index contributed by atoms with van der Waals surface area (Å²) in [5.41, 5.74) is 2.02. The van der Waals surface area contributed by atoms with Crippen LogP contribution in [0.2, 0.25) is 5.02 Å². The lowest BCUT2D eigenvalue weighted by molar-refractivity contribution is -0.192. The van der Waals surface area contributed by atoms with Gasteiger partial charge in [-0.2, -0.15) is 18.4 Å². The zero-order valence-electron chi connectivity index (χ0n) is 22.1. The lowest BCUT2D eigenvalue weighted by Crippen LogP contribution is -2.21. The van der Waals surface area contributed by atoms with Gasteiger partial charge in [-0.15, -0.1) is 0 Å². The summed E-state index contributed by atoms with van der Waals surface area (Å²) in [5, 5.41) is 21.6. The van der Waals surface area contributed by atoms with Crippen molar-refractivity contribution in [1.29, 1.82) is 5.26 Å². The van der Waals surface area contributed by atoms with Gasteiger partial charge in [0.15, 0.2) is 5.82 Å². The predicted molar refractivity (Wildman–Crippen MR) is 150 cm³/mol. The molecule has 0 fully saturated rings. The summed E-state index contributed by atoms with van der Waals surface area (Å²) in [6, 6.07) is 18.6. The molecule has 0 bridgehead atoms. The van der Waals surface area contributed by atoms with E-state index in [0.717, 1.165) is 0 Å². The maximum absolute atomic E-state index is 13.8. The van der Waals surface area contributed by atoms with Gasteiger partial charge in [0, 0.05) is 27.6 Å². The SMILES string of the molecule is COc1cc(-c2cccc(F)c2)c(Cl)cc1-c1nc(C#N)cc2cc(S(=O)(=O)Nc3ccon3)ccc12.O=C(O)C(F)(F)F. The number of nitriles is 1. The highest BCUT2D eigenvalue weighted by atomic mass is 35.5. The van der Waals surface area contributed by atoms with E-state index in [1.165, 1.54) is 49.8 Å². The van der Waals surface area contributed by atoms with Crippen molar-refractivity contribution in [3.8, 4) is 34.2 Å². The van der Waals surface area contributed by atoms with Crippen LogP contribution >= 0.6 is 11.6 Å². The first-order chi connectivity index (χ1) is 20.7. The number of ether oxygens (including phenoxy) is 1. The van der Waals surface area contributed by atoms with Crippen molar-refractivity contribution in [3.63, 3.8) is 0 Å². The number of rotatable bonds is 6. The Morgan fingerprint density at radius 2 is 1.82 bits per heavy atom. The number of hydrogen-bond acceptors (Lipinski definition) is 8. The first-order valence-electron chi connectivity index (χ1n) is 12.0. The number of nitrogens with zero attached hydrogens (tertiary/aromatic N) is 3. The number of pyridine rings is 1. The summed E-state index contributed by atoms with van der Waals surface area (Å²) in [4.78, 5) is 13.3. The van der Waals surface area contributed by atoms with E-state index in [1.807, 2.05) is 6.07 Å². The van der Waals surface area contributed by atoms with Gasteiger partial charge in [0.05, 0.1) is 17.7 Å². The van der Waals surface area contributed by atoms with E-state index in [2.05, 4.69) is 19.4 Å². The fraction of sp³-hybridized carbons (Fsp3) is 0.0714. The van der Waals surface area contributed by atoms with E-state index >= 15 is 0 Å². The molecule has 0 spiro atoms. The number of sulfonamides is 1. The van der Waals surface area contributed by atoms with Gasteiger partial charge in [-0.1, -0.05) is 35.0 Å². The molecule has 2 heterocycles. The Morgan fingerprint density at radius 3 is 2.41 bits per heavy atom.